The molecule has 2 nitrogen and oxygen atoms in total. The Kier molecular flexibility index (Phi) is 5.64. The number of hydrazine groups is 1. The van der Waals surface area contributed by atoms with Gasteiger partial charge in [-0.15, -0.1) is 0 Å². The van der Waals surface area contributed by atoms with Crippen molar-refractivity contribution in [2.24, 2.45) is 5.84 Å². The molecule has 5 heteroatoms. The molecule has 0 bridgehead atoms. The summed E-state index contributed by atoms with van der Waals surface area (Å²) >= 11 is 13.2. The van der Waals surface area contributed by atoms with Gasteiger partial charge < -0.3 is 0 Å². The van der Waals surface area contributed by atoms with Crippen molar-refractivity contribution in [3.63, 3.8) is 0 Å². The minimum atomic E-state index is 0.0196. The van der Waals surface area contributed by atoms with Gasteiger partial charge in [0.25, 0.3) is 0 Å². The van der Waals surface area contributed by atoms with Crippen LogP contribution in [0.1, 0.15) is 22.7 Å². The lowest BCUT2D eigenvalue weighted by Crippen LogP contribution is -2.30. The van der Waals surface area contributed by atoms with Crippen LogP contribution in [0.3, 0.4) is 0 Å². The first-order chi connectivity index (χ1) is 9.52. The fourth-order valence-electron chi connectivity index (χ4n) is 2.17. The summed E-state index contributed by atoms with van der Waals surface area (Å²) in [6, 6.07) is 12.0. The normalized spacial score (nSPS) is 12.4. The predicted molar refractivity (Wildman–Crippen MR) is 91.8 cm³/mol. The van der Waals surface area contributed by atoms with Gasteiger partial charge in [-0.2, -0.15) is 0 Å². The molecule has 0 aliphatic carbocycles. The molecule has 106 valence electrons. The Hall–Kier alpha value is -0.390. The van der Waals surface area contributed by atoms with Crippen molar-refractivity contribution in [1.29, 1.82) is 0 Å². The second-order valence-corrected chi connectivity index (χ2v) is 6.79. The minimum Gasteiger partial charge on any atom is -0.271 e. The maximum Gasteiger partial charge on any atom is 0.0503 e. The molecule has 0 amide bonds. The Balaban J connectivity index is 2.31. The molecule has 20 heavy (non-hydrogen) atoms. The lowest BCUT2D eigenvalue weighted by molar-refractivity contribution is 0.549. The Morgan fingerprint density at radius 1 is 1.25 bits per heavy atom. The molecule has 0 aliphatic rings. The van der Waals surface area contributed by atoms with Gasteiger partial charge >= 0.3 is 0 Å². The molecule has 1 atom stereocenters. The molecular formula is C15H15Br2ClN2. The van der Waals surface area contributed by atoms with E-state index in [9.17, 15) is 0 Å². The van der Waals surface area contributed by atoms with E-state index in [1.54, 1.807) is 0 Å². The first-order valence-corrected chi connectivity index (χ1v) is 8.14. The molecule has 0 fully saturated rings. The highest BCUT2D eigenvalue weighted by Gasteiger charge is 2.15. The van der Waals surface area contributed by atoms with Gasteiger partial charge in [0.2, 0.25) is 0 Å². The van der Waals surface area contributed by atoms with Crippen LogP contribution in [-0.4, -0.2) is 0 Å². The Morgan fingerprint density at radius 2 is 2.00 bits per heavy atom. The molecule has 1 unspecified atom stereocenters. The van der Waals surface area contributed by atoms with E-state index in [1.807, 2.05) is 30.3 Å². The van der Waals surface area contributed by atoms with E-state index in [-0.39, 0.29) is 6.04 Å². The molecule has 3 N–H and O–H groups in total. The molecule has 2 aromatic rings. The molecule has 0 saturated heterocycles. The van der Waals surface area contributed by atoms with Gasteiger partial charge in [0.15, 0.2) is 0 Å². The first kappa shape index (κ1) is 16.0. The van der Waals surface area contributed by atoms with Crippen LogP contribution in [0.15, 0.2) is 45.3 Å². The van der Waals surface area contributed by atoms with E-state index in [0.29, 0.717) is 0 Å². The topological polar surface area (TPSA) is 38.0 Å². The van der Waals surface area contributed by atoms with Crippen molar-refractivity contribution in [1.82, 2.24) is 5.43 Å². The number of nitrogens with one attached hydrogen (secondary N) is 1. The highest BCUT2D eigenvalue weighted by molar-refractivity contribution is 9.10. The number of hydrogen-bond acceptors (Lipinski definition) is 2. The van der Waals surface area contributed by atoms with Gasteiger partial charge in [-0.25, -0.2) is 0 Å². The molecule has 0 radical (unpaired) electrons. The molecule has 0 aliphatic heterocycles. The Bertz CT molecular complexity index is 617. The van der Waals surface area contributed by atoms with E-state index in [2.05, 4.69) is 50.3 Å². The molecule has 2 aromatic carbocycles. The van der Waals surface area contributed by atoms with Crippen molar-refractivity contribution < 1.29 is 0 Å². The Morgan fingerprint density at radius 3 is 2.65 bits per heavy atom. The van der Waals surface area contributed by atoms with E-state index in [0.717, 1.165) is 26.0 Å². The van der Waals surface area contributed by atoms with Crippen LogP contribution in [0.5, 0.6) is 0 Å². The van der Waals surface area contributed by atoms with Gasteiger partial charge in [-0.3, -0.25) is 11.3 Å². The highest BCUT2D eigenvalue weighted by atomic mass is 79.9. The van der Waals surface area contributed by atoms with Crippen molar-refractivity contribution in [3.8, 4) is 0 Å². The number of benzene rings is 2. The first-order valence-electron chi connectivity index (χ1n) is 6.18. The van der Waals surface area contributed by atoms with Crippen molar-refractivity contribution >= 4 is 43.5 Å². The molecule has 0 aromatic heterocycles. The fourth-order valence-corrected chi connectivity index (χ4v) is 3.30. The SMILES string of the molecule is Cc1c(Br)cccc1C(Cc1ccc(Br)cc1Cl)NN. The van der Waals surface area contributed by atoms with Crippen molar-refractivity contribution in [2.75, 3.05) is 0 Å². The number of halogens is 3. The molecule has 0 saturated carbocycles. The minimum absolute atomic E-state index is 0.0196. The highest BCUT2D eigenvalue weighted by Crippen LogP contribution is 2.29. The van der Waals surface area contributed by atoms with Crippen LogP contribution in [-0.2, 0) is 6.42 Å². The average Bonchev–Trinajstić information content (AvgIpc) is 2.42. The van der Waals surface area contributed by atoms with Gasteiger partial charge in [0, 0.05) is 14.0 Å². The summed E-state index contributed by atoms with van der Waals surface area (Å²) < 4.78 is 2.05. The third-order valence-electron chi connectivity index (χ3n) is 3.33. The summed E-state index contributed by atoms with van der Waals surface area (Å²) in [6.45, 7) is 2.08. The van der Waals surface area contributed by atoms with Gasteiger partial charge in [0.1, 0.15) is 0 Å². The predicted octanol–water partition coefficient (Wildman–Crippen LogP) is 4.92. The molecule has 2 rings (SSSR count). The summed E-state index contributed by atoms with van der Waals surface area (Å²) in [4.78, 5) is 0. The second kappa shape index (κ2) is 7.05. The number of rotatable bonds is 4. The standard InChI is InChI=1S/C15H15Br2ClN2/c1-9-12(3-2-4-13(9)17)15(20-19)7-10-5-6-11(16)8-14(10)18/h2-6,8,15,20H,7,19H2,1H3. The monoisotopic (exact) mass is 416 g/mol. The number of nitrogens with two attached hydrogens (primary N) is 1. The van der Waals surface area contributed by atoms with Gasteiger partial charge in [-0.05, 0) is 48.2 Å². The maximum atomic E-state index is 6.28. The zero-order valence-corrected chi connectivity index (χ0v) is 14.9. The van der Waals surface area contributed by atoms with Crippen LogP contribution < -0.4 is 11.3 Å². The largest absolute Gasteiger partial charge is 0.271 e. The van der Waals surface area contributed by atoms with Crippen molar-refractivity contribution in [2.45, 2.75) is 19.4 Å². The van der Waals surface area contributed by atoms with E-state index >= 15 is 0 Å². The molecular weight excluding hydrogens is 403 g/mol. The lowest BCUT2D eigenvalue weighted by atomic mass is 9.96. The Labute approximate surface area is 140 Å². The van der Waals surface area contributed by atoms with Crippen LogP contribution >= 0.6 is 43.5 Å². The summed E-state index contributed by atoms with van der Waals surface area (Å²) in [7, 11) is 0. The zero-order chi connectivity index (χ0) is 14.7. The second-order valence-electron chi connectivity index (χ2n) is 4.61. The third kappa shape index (κ3) is 3.62. The van der Waals surface area contributed by atoms with E-state index in [1.165, 1.54) is 11.1 Å². The summed E-state index contributed by atoms with van der Waals surface area (Å²) in [5, 5.41) is 0.743. The van der Waals surface area contributed by atoms with E-state index < -0.39 is 0 Å². The molecule has 0 spiro atoms. The average molecular weight is 419 g/mol. The van der Waals surface area contributed by atoms with E-state index in [4.69, 9.17) is 17.4 Å². The van der Waals surface area contributed by atoms with Crippen LogP contribution in [0.2, 0.25) is 5.02 Å². The summed E-state index contributed by atoms with van der Waals surface area (Å²) in [5.74, 6) is 5.73. The smallest absolute Gasteiger partial charge is 0.0503 e. The third-order valence-corrected chi connectivity index (χ3v) is 5.03. The summed E-state index contributed by atoms with van der Waals surface area (Å²) in [6.07, 6.45) is 0.736. The maximum absolute atomic E-state index is 6.28. The fraction of sp³-hybridized carbons (Fsp3) is 0.200. The lowest BCUT2D eigenvalue weighted by Gasteiger charge is -2.20. The molecule has 0 heterocycles. The van der Waals surface area contributed by atoms with Crippen molar-refractivity contribution in [3.05, 3.63) is 67.1 Å². The quantitative estimate of drug-likeness (QED) is 0.546. The summed E-state index contributed by atoms with van der Waals surface area (Å²) in [5.41, 5.74) is 6.30. The van der Waals surface area contributed by atoms with Crippen LogP contribution in [0.25, 0.3) is 0 Å². The van der Waals surface area contributed by atoms with Gasteiger partial charge in [-0.1, -0.05) is 61.7 Å². The van der Waals surface area contributed by atoms with Gasteiger partial charge in [0.05, 0.1) is 6.04 Å². The zero-order valence-electron chi connectivity index (χ0n) is 11.0. The van der Waals surface area contributed by atoms with Crippen LogP contribution in [0, 0.1) is 6.92 Å². The number of hydrogen-bond donors (Lipinski definition) is 2. The van der Waals surface area contributed by atoms with Crippen LogP contribution in [0.4, 0.5) is 0 Å².